The molecule has 0 bridgehead atoms. The Labute approximate surface area is 250 Å². The predicted molar refractivity (Wildman–Crippen MR) is 160 cm³/mol. The molecule has 9 nitrogen and oxygen atoms in total. The van der Waals surface area contributed by atoms with Crippen LogP contribution in [-0.4, -0.2) is 73.1 Å². The van der Waals surface area contributed by atoms with Crippen LogP contribution in [0.25, 0.3) is 0 Å². The summed E-state index contributed by atoms with van der Waals surface area (Å²) in [6, 6.07) is 18.3. The first-order valence-electron chi connectivity index (χ1n) is 14.8. The van der Waals surface area contributed by atoms with Crippen molar-refractivity contribution in [3.05, 3.63) is 71.8 Å². The summed E-state index contributed by atoms with van der Waals surface area (Å²) in [6.45, 7) is 9.08. The van der Waals surface area contributed by atoms with Gasteiger partial charge < -0.3 is 18.8 Å². The minimum atomic E-state index is -0.760. The lowest BCUT2D eigenvalue weighted by molar-refractivity contribution is -0.160. The van der Waals surface area contributed by atoms with Crippen molar-refractivity contribution in [3.8, 4) is 0 Å². The lowest BCUT2D eigenvalue weighted by atomic mass is 9.80. The molecular formula is C32H45BN2O7. The molecule has 2 saturated heterocycles. The van der Waals surface area contributed by atoms with Gasteiger partial charge in [-0.25, -0.2) is 9.59 Å². The Kier molecular flexibility index (Phi) is 10.7. The van der Waals surface area contributed by atoms with Crippen molar-refractivity contribution in [1.82, 2.24) is 9.96 Å². The van der Waals surface area contributed by atoms with Crippen LogP contribution in [0.2, 0.25) is 6.32 Å². The molecule has 1 amide bonds. The van der Waals surface area contributed by atoms with Gasteiger partial charge in [0.25, 0.3) is 0 Å². The van der Waals surface area contributed by atoms with E-state index in [0.29, 0.717) is 32.3 Å². The van der Waals surface area contributed by atoms with Crippen LogP contribution in [0, 0.1) is 5.92 Å². The van der Waals surface area contributed by atoms with Gasteiger partial charge in [0.1, 0.15) is 12.6 Å². The van der Waals surface area contributed by atoms with Crippen LogP contribution in [-0.2, 0) is 41.6 Å². The van der Waals surface area contributed by atoms with Gasteiger partial charge in [0, 0.05) is 13.6 Å². The number of carbonyl (C=O) groups is 2. The molecule has 2 fully saturated rings. The fourth-order valence-corrected chi connectivity index (χ4v) is 5.71. The van der Waals surface area contributed by atoms with E-state index in [2.05, 4.69) is 0 Å². The molecule has 1 unspecified atom stereocenters. The number of benzene rings is 2. The number of hydrogen-bond donors (Lipinski definition) is 0. The van der Waals surface area contributed by atoms with E-state index in [1.54, 1.807) is 9.96 Å². The molecule has 0 saturated carbocycles. The summed E-state index contributed by atoms with van der Waals surface area (Å²) < 4.78 is 23.3. The average Bonchev–Trinajstić information content (AvgIpc) is 3.42. The Hall–Kier alpha value is -2.92. The number of amides is 1. The summed E-state index contributed by atoms with van der Waals surface area (Å²) in [6.07, 6.45) is 2.25. The Bertz CT molecular complexity index is 1150. The number of likely N-dealkylation sites (N-methyl/N-ethyl adjacent to an activating group) is 1. The zero-order valence-electron chi connectivity index (χ0n) is 25.8. The number of rotatable bonds is 12. The Balaban J connectivity index is 1.45. The van der Waals surface area contributed by atoms with Crippen LogP contribution in [0.4, 0.5) is 4.79 Å². The summed E-state index contributed by atoms with van der Waals surface area (Å²) in [5.74, 6) is -0.556. The van der Waals surface area contributed by atoms with E-state index < -0.39 is 29.3 Å². The molecule has 0 aliphatic carbocycles. The lowest BCUT2D eigenvalue weighted by Crippen LogP contribution is -2.50. The third-order valence-corrected chi connectivity index (χ3v) is 8.65. The van der Waals surface area contributed by atoms with Crippen LogP contribution in [0.15, 0.2) is 60.7 Å². The maximum atomic E-state index is 13.6. The average molecular weight is 581 g/mol. The molecule has 0 N–H and O–H groups in total. The molecular weight excluding hydrogens is 535 g/mol. The molecule has 10 heteroatoms. The van der Waals surface area contributed by atoms with Crippen molar-refractivity contribution in [1.29, 1.82) is 0 Å². The van der Waals surface area contributed by atoms with Crippen molar-refractivity contribution in [2.75, 3.05) is 20.7 Å². The first-order chi connectivity index (χ1) is 20.0. The number of hydrogen-bond acceptors (Lipinski definition) is 8. The van der Waals surface area contributed by atoms with Gasteiger partial charge in [-0.3, -0.25) is 9.74 Å². The molecule has 3 atom stereocenters. The molecule has 228 valence electrons. The van der Waals surface area contributed by atoms with Crippen molar-refractivity contribution >= 4 is 19.2 Å². The monoisotopic (exact) mass is 580 g/mol. The summed E-state index contributed by atoms with van der Waals surface area (Å²) in [7, 11) is 2.89. The maximum Gasteiger partial charge on any atom is 0.457 e. The number of esters is 1. The Morgan fingerprint density at radius 1 is 0.952 bits per heavy atom. The van der Waals surface area contributed by atoms with Crippen LogP contribution >= 0.6 is 0 Å². The topological polar surface area (TPSA) is 86.8 Å². The molecule has 4 rings (SSSR count). The zero-order chi connectivity index (χ0) is 30.3. The lowest BCUT2D eigenvalue weighted by Gasteiger charge is -2.32. The van der Waals surface area contributed by atoms with Gasteiger partial charge in [0.2, 0.25) is 0 Å². The van der Waals surface area contributed by atoms with Crippen LogP contribution < -0.4 is 0 Å². The SMILES string of the molecule is COC(=O)[C@@H]1[C@H](CCCB2OC(C)(C)C(C)(C)O2)CC(CN(C)OCc2ccccc2)N1C(=O)OCc1ccccc1. The van der Waals surface area contributed by atoms with E-state index >= 15 is 0 Å². The molecule has 2 aromatic rings. The molecule has 0 spiro atoms. The first kappa shape index (κ1) is 32.0. The van der Waals surface area contributed by atoms with Gasteiger partial charge in [-0.2, -0.15) is 5.06 Å². The predicted octanol–water partition coefficient (Wildman–Crippen LogP) is 5.49. The number of ether oxygens (including phenoxy) is 2. The van der Waals surface area contributed by atoms with Gasteiger partial charge in [-0.1, -0.05) is 67.1 Å². The second-order valence-corrected chi connectivity index (χ2v) is 12.3. The highest BCUT2D eigenvalue weighted by molar-refractivity contribution is 6.45. The fraction of sp³-hybridized carbons (Fsp3) is 0.562. The van der Waals surface area contributed by atoms with Crippen molar-refractivity contribution in [3.63, 3.8) is 0 Å². The van der Waals surface area contributed by atoms with Crippen molar-refractivity contribution in [2.24, 2.45) is 5.92 Å². The fourth-order valence-electron chi connectivity index (χ4n) is 5.71. The standard InChI is InChI=1S/C32H45BN2O7/c1-31(2)32(3,4)42-33(41-31)19-13-18-26-20-27(21-34(5)40-23-25-16-11-8-12-17-25)35(28(26)29(36)38-6)30(37)39-22-24-14-9-7-10-15-24/h7-12,14-17,26-28H,13,18-23H2,1-6H3/t26-,27?,28+/m1/s1. The van der Waals surface area contributed by atoms with E-state index in [1.807, 2.05) is 95.4 Å². The smallest absolute Gasteiger partial charge is 0.457 e. The minimum Gasteiger partial charge on any atom is -0.467 e. The Morgan fingerprint density at radius 3 is 2.10 bits per heavy atom. The Morgan fingerprint density at radius 2 is 1.52 bits per heavy atom. The van der Waals surface area contributed by atoms with E-state index in [-0.39, 0.29) is 25.7 Å². The van der Waals surface area contributed by atoms with Crippen LogP contribution in [0.3, 0.4) is 0 Å². The largest absolute Gasteiger partial charge is 0.467 e. The molecule has 2 heterocycles. The molecule has 42 heavy (non-hydrogen) atoms. The summed E-state index contributed by atoms with van der Waals surface area (Å²) >= 11 is 0. The summed E-state index contributed by atoms with van der Waals surface area (Å²) in [5, 5.41) is 1.73. The third-order valence-electron chi connectivity index (χ3n) is 8.65. The summed E-state index contributed by atoms with van der Waals surface area (Å²) in [5.41, 5.74) is 1.13. The van der Waals surface area contributed by atoms with E-state index in [9.17, 15) is 9.59 Å². The van der Waals surface area contributed by atoms with Crippen LogP contribution in [0.1, 0.15) is 58.1 Å². The minimum absolute atomic E-state index is 0.114. The number of methoxy groups -OCH3 is 1. The van der Waals surface area contributed by atoms with E-state index in [4.69, 9.17) is 23.6 Å². The van der Waals surface area contributed by atoms with Gasteiger partial charge >= 0.3 is 19.2 Å². The molecule has 0 aromatic heterocycles. The number of carbonyl (C=O) groups excluding carboxylic acids is 2. The van der Waals surface area contributed by atoms with Gasteiger partial charge in [-0.05, 0) is 63.9 Å². The molecule has 2 aromatic carbocycles. The quantitative estimate of drug-likeness (QED) is 0.185. The highest BCUT2D eigenvalue weighted by atomic mass is 16.7. The van der Waals surface area contributed by atoms with Crippen molar-refractivity contribution < 1.29 is 33.2 Å². The second-order valence-electron chi connectivity index (χ2n) is 12.3. The first-order valence-corrected chi connectivity index (χ1v) is 14.8. The van der Waals surface area contributed by atoms with Crippen LogP contribution in [0.5, 0.6) is 0 Å². The summed E-state index contributed by atoms with van der Waals surface area (Å²) in [4.78, 5) is 34.3. The second kappa shape index (κ2) is 14.0. The molecule has 0 radical (unpaired) electrons. The molecule has 2 aliphatic rings. The third kappa shape index (κ3) is 7.92. The number of nitrogens with zero attached hydrogens (tertiary/aromatic N) is 2. The highest BCUT2D eigenvalue weighted by Gasteiger charge is 2.52. The van der Waals surface area contributed by atoms with Gasteiger partial charge in [-0.15, -0.1) is 0 Å². The van der Waals surface area contributed by atoms with E-state index in [0.717, 1.165) is 17.5 Å². The molecule has 2 aliphatic heterocycles. The van der Waals surface area contributed by atoms with Gasteiger partial charge in [0.15, 0.2) is 0 Å². The zero-order valence-corrected chi connectivity index (χ0v) is 25.8. The number of likely N-dealkylation sites (tertiary alicyclic amines) is 1. The van der Waals surface area contributed by atoms with Gasteiger partial charge in [0.05, 0.1) is 31.0 Å². The van der Waals surface area contributed by atoms with Crippen molar-refractivity contribution in [2.45, 2.75) is 89.8 Å². The number of hydroxylamine groups is 2. The maximum absolute atomic E-state index is 13.6. The normalized spacial score (nSPS) is 22.9. The van der Waals surface area contributed by atoms with E-state index in [1.165, 1.54) is 7.11 Å². The highest BCUT2D eigenvalue weighted by Crippen LogP contribution is 2.40.